The molecule has 2 saturated heterocycles. The molecule has 1 N–H and O–H groups in total. The van der Waals surface area contributed by atoms with E-state index in [1.165, 1.54) is 12.1 Å². The molecule has 2 atom stereocenters. The van der Waals surface area contributed by atoms with E-state index in [0.29, 0.717) is 25.3 Å². The van der Waals surface area contributed by atoms with E-state index < -0.39 is 16.1 Å². The molecule has 2 aliphatic rings. The Morgan fingerprint density at radius 2 is 1.72 bits per heavy atom. The van der Waals surface area contributed by atoms with Crippen LogP contribution in [0.5, 0.6) is 5.75 Å². The Labute approximate surface area is 188 Å². The molecule has 2 aliphatic heterocycles. The molecule has 0 aromatic heterocycles. The first-order chi connectivity index (χ1) is 15.4. The number of piperazine rings is 1. The van der Waals surface area contributed by atoms with Crippen LogP contribution in [-0.2, 0) is 10.0 Å². The van der Waals surface area contributed by atoms with Crippen LogP contribution in [-0.4, -0.2) is 62.6 Å². The SMILES string of the molecule is Cc1ccc(S(=O)(=O)NC(=O)N2CC3CCC(C2)N3CCOc2ccc(C#N)cc2)cc1. The largest absolute Gasteiger partial charge is 0.492 e. The molecular formula is C23H26N4O4S. The quantitative estimate of drug-likeness (QED) is 0.719. The molecule has 0 saturated carbocycles. The molecule has 0 aliphatic carbocycles. The number of ether oxygens (including phenoxy) is 1. The van der Waals surface area contributed by atoms with E-state index in [1.54, 1.807) is 41.3 Å². The van der Waals surface area contributed by atoms with Crippen LogP contribution in [0.1, 0.15) is 24.0 Å². The first-order valence-corrected chi connectivity index (χ1v) is 12.1. The summed E-state index contributed by atoms with van der Waals surface area (Å²) in [6.07, 6.45) is 1.94. The Kier molecular flexibility index (Phi) is 6.35. The minimum atomic E-state index is -3.90. The number of carbonyl (C=O) groups is 1. The second kappa shape index (κ2) is 9.18. The van der Waals surface area contributed by atoms with Gasteiger partial charge in [0.05, 0.1) is 16.5 Å². The van der Waals surface area contributed by atoms with Crippen LogP contribution >= 0.6 is 0 Å². The van der Waals surface area contributed by atoms with E-state index in [1.807, 2.05) is 6.92 Å². The summed E-state index contributed by atoms with van der Waals surface area (Å²) in [5.41, 5.74) is 1.54. The predicted molar refractivity (Wildman–Crippen MR) is 119 cm³/mol. The van der Waals surface area contributed by atoms with Crippen molar-refractivity contribution in [3.63, 3.8) is 0 Å². The highest BCUT2D eigenvalue weighted by atomic mass is 32.2. The Bertz CT molecular complexity index is 1100. The molecule has 2 aromatic carbocycles. The summed E-state index contributed by atoms with van der Waals surface area (Å²) in [7, 11) is -3.90. The van der Waals surface area contributed by atoms with Gasteiger partial charge >= 0.3 is 6.03 Å². The number of nitrogens with one attached hydrogen (secondary N) is 1. The van der Waals surface area contributed by atoms with Crippen molar-refractivity contribution < 1.29 is 17.9 Å². The van der Waals surface area contributed by atoms with Crippen LogP contribution in [0.3, 0.4) is 0 Å². The fourth-order valence-corrected chi connectivity index (χ4v) is 5.34. The summed E-state index contributed by atoms with van der Waals surface area (Å²) in [4.78, 5) is 16.7. The number of likely N-dealkylation sites (tertiary alicyclic amines) is 1. The summed E-state index contributed by atoms with van der Waals surface area (Å²) < 4.78 is 33.1. The third kappa shape index (κ3) is 4.87. The molecule has 2 fully saturated rings. The average Bonchev–Trinajstić information content (AvgIpc) is 3.01. The van der Waals surface area contributed by atoms with Gasteiger partial charge in [-0.15, -0.1) is 0 Å². The lowest BCUT2D eigenvalue weighted by Gasteiger charge is -2.40. The molecule has 2 aromatic rings. The van der Waals surface area contributed by atoms with Crippen LogP contribution in [0.25, 0.3) is 0 Å². The number of benzene rings is 2. The molecule has 0 radical (unpaired) electrons. The second-order valence-electron chi connectivity index (χ2n) is 8.24. The van der Waals surface area contributed by atoms with Gasteiger partial charge < -0.3 is 9.64 Å². The standard InChI is InChI=1S/C23H26N4O4S/c1-17-2-10-22(11-3-17)32(29,30)25-23(28)26-15-19-6-7-20(16-26)27(19)12-13-31-21-8-4-18(14-24)5-9-21/h2-5,8-11,19-20H,6-7,12-13,15-16H2,1H3,(H,25,28). The van der Waals surface area contributed by atoms with Crippen molar-refractivity contribution in [2.45, 2.75) is 36.7 Å². The minimum Gasteiger partial charge on any atom is -0.492 e. The number of carbonyl (C=O) groups excluding carboxylic acids is 1. The fourth-order valence-electron chi connectivity index (χ4n) is 4.37. The maximum atomic E-state index is 12.7. The number of aryl methyl sites for hydroxylation is 1. The summed E-state index contributed by atoms with van der Waals surface area (Å²) in [6.45, 7) is 4.09. The number of rotatable bonds is 6. The van der Waals surface area contributed by atoms with Gasteiger partial charge in [0, 0.05) is 31.7 Å². The zero-order valence-corrected chi connectivity index (χ0v) is 18.7. The van der Waals surface area contributed by atoms with Gasteiger partial charge in [0.1, 0.15) is 12.4 Å². The highest BCUT2D eigenvalue weighted by Gasteiger charge is 2.41. The lowest BCUT2D eigenvalue weighted by atomic mass is 10.2. The highest BCUT2D eigenvalue weighted by Crippen LogP contribution is 2.30. The first-order valence-electron chi connectivity index (χ1n) is 10.6. The molecule has 2 heterocycles. The van der Waals surface area contributed by atoms with Gasteiger partial charge in [-0.3, -0.25) is 4.90 Å². The lowest BCUT2D eigenvalue weighted by molar-refractivity contribution is 0.0725. The number of amides is 2. The number of sulfonamides is 1. The predicted octanol–water partition coefficient (Wildman–Crippen LogP) is 2.49. The van der Waals surface area contributed by atoms with Gasteiger partial charge in [0.15, 0.2) is 0 Å². The molecule has 9 heteroatoms. The van der Waals surface area contributed by atoms with E-state index in [0.717, 1.165) is 30.7 Å². The smallest absolute Gasteiger partial charge is 0.331 e. The Balaban J connectivity index is 1.30. The molecular weight excluding hydrogens is 428 g/mol. The van der Waals surface area contributed by atoms with E-state index in [-0.39, 0.29) is 17.0 Å². The van der Waals surface area contributed by atoms with E-state index in [4.69, 9.17) is 10.00 Å². The monoisotopic (exact) mass is 454 g/mol. The summed E-state index contributed by atoms with van der Waals surface area (Å²) in [6, 6.07) is 15.3. The number of fused-ring (bicyclic) bond motifs is 2. The summed E-state index contributed by atoms with van der Waals surface area (Å²) in [5, 5.41) is 8.87. The van der Waals surface area contributed by atoms with Crippen LogP contribution in [0.2, 0.25) is 0 Å². The molecule has 0 spiro atoms. The van der Waals surface area contributed by atoms with Gasteiger partial charge in [-0.2, -0.15) is 5.26 Å². The maximum Gasteiger partial charge on any atom is 0.331 e. The molecule has 4 rings (SSSR count). The zero-order valence-electron chi connectivity index (χ0n) is 17.9. The molecule has 168 valence electrons. The van der Waals surface area contributed by atoms with Crippen molar-refractivity contribution >= 4 is 16.1 Å². The highest BCUT2D eigenvalue weighted by molar-refractivity contribution is 7.90. The third-order valence-corrected chi connectivity index (χ3v) is 7.41. The van der Waals surface area contributed by atoms with E-state index in [9.17, 15) is 13.2 Å². The van der Waals surface area contributed by atoms with Gasteiger partial charge in [0.2, 0.25) is 0 Å². The molecule has 2 amide bonds. The third-order valence-electron chi connectivity index (χ3n) is 6.08. The number of urea groups is 1. The van der Waals surface area contributed by atoms with Crippen LogP contribution in [0, 0.1) is 18.3 Å². The number of nitriles is 1. The van der Waals surface area contributed by atoms with Crippen molar-refractivity contribution in [2.75, 3.05) is 26.2 Å². The maximum absolute atomic E-state index is 12.7. The second-order valence-corrected chi connectivity index (χ2v) is 9.92. The Morgan fingerprint density at radius 3 is 2.31 bits per heavy atom. The van der Waals surface area contributed by atoms with Crippen LogP contribution in [0.4, 0.5) is 4.79 Å². The van der Waals surface area contributed by atoms with Crippen molar-refractivity contribution in [3.8, 4) is 11.8 Å². The van der Waals surface area contributed by atoms with Crippen molar-refractivity contribution in [1.29, 1.82) is 5.26 Å². The zero-order chi connectivity index (χ0) is 22.7. The summed E-state index contributed by atoms with van der Waals surface area (Å²) in [5.74, 6) is 0.718. The topological polar surface area (TPSA) is 103 Å². The van der Waals surface area contributed by atoms with Crippen LogP contribution in [0.15, 0.2) is 53.4 Å². The van der Waals surface area contributed by atoms with Crippen molar-refractivity contribution in [1.82, 2.24) is 14.5 Å². The van der Waals surface area contributed by atoms with E-state index >= 15 is 0 Å². The lowest BCUT2D eigenvalue weighted by Crippen LogP contribution is -2.58. The molecule has 2 unspecified atom stereocenters. The normalized spacial score (nSPS) is 20.6. The number of hydrogen-bond acceptors (Lipinski definition) is 6. The minimum absolute atomic E-state index is 0.0815. The fraction of sp³-hybridized carbons (Fsp3) is 0.391. The van der Waals surface area contributed by atoms with Gasteiger partial charge in [0.25, 0.3) is 10.0 Å². The Morgan fingerprint density at radius 1 is 1.09 bits per heavy atom. The van der Waals surface area contributed by atoms with Gasteiger partial charge in [-0.05, 0) is 56.2 Å². The van der Waals surface area contributed by atoms with Crippen molar-refractivity contribution in [2.24, 2.45) is 0 Å². The average molecular weight is 455 g/mol. The molecule has 2 bridgehead atoms. The van der Waals surface area contributed by atoms with Gasteiger partial charge in [-0.25, -0.2) is 17.9 Å². The number of nitrogens with zero attached hydrogens (tertiary/aromatic N) is 3. The Hall–Kier alpha value is -3.09. The van der Waals surface area contributed by atoms with Gasteiger partial charge in [-0.1, -0.05) is 17.7 Å². The number of hydrogen-bond donors (Lipinski definition) is 1. The molecule has 32 heavy (non-hydrogen) atoms. The van der Waals surface area contributed by atoms with Crippen LogP contribution < -0.4 is 9.46 Å². The first kappa shape index (κ1) is 22.1. The van der Waals surface area contributed by atoms with E-state index in [2.05, 4.69) is 15.7 Å². The summed E-state index contributed by atoms with van der Waals surface area (Å²) >= 11 is 0. The van der Waals surface area contributed by atoms with Crippen molar-refractivity contribution in [3.05, 3.63) is 59.7 Å². The molecule has 8 nitrogen and oxygen atoms in total.